The lowest BCUT2D eigenvalue weighted by molar-refractivity contribution is -0.384. The number of hydrogen-bond donors (Lipinski definition) is 0. The van der Waals surface area contributed by atoms with E-state index in [1.54, 1.807) is 24.3 Å². The Bertz CT molecular complexity index is 794. The van der Waals surface area contributed by atoms with Crippen molar-refractivity contribution in [1.29, 1.82) is 5.26 Å². The number of nitriles is 1. The Morgan fingerprint density at radius 2 is 2.09 bits per heavy atom. The smallest absolute Gasteiger partial charge is 0.270 e. The van der Waals surface area contributed by atoms with Crippen molar-refractivity contribution in [1.82, 2.24) is 0 Å². The summed E-state index contributed by atoms with van der Waals surface area (Å²) in [6.07, 6.45) is 1.52. The summed E-state index contributed by atoms with van der Waals surface area (Å²) in [6, 6.07) is 13.2. The van der Waals surface area contributed by atoms with Gasteiger partial charge < -0.3 is 4.74 Å². The second-order valence-electron chi connectivity index (χ2n) is 4.33. The van der Waals surface area contributed by atoms with Crippen LogP contribution in [0, 0.1) is 21.4 Å². The molecule has 2 aromatic carbocycles. The van der Waals surface area contributed by atoms with Gasteiger partial charge in [0.15, 0.2) is 0 Å². The highest BCUT2D eigenvalue weighted by molar-refractivity contribution is 6.32. The molecule has 0 N–H and O–H groups in total. The summed E-state index contributed by atoms with van der Waals surface area (Å²) in [4.78, 5) is 10.4. The van der Waals surface area contributed by atoms with Crippen molar-refractivity contribution < 1.29 is 9.66 Å². The van der Waals surface area contributed by atoms with Gasteiger partial charge in [0.25, 0.3) is 5.69 Å². The summed E-state index contributed by atoms with van der Waals surface area (Å²) in [5, 5.41) is 20.7. The first-order valence-corrected chi connectivity index (χ1v) is 6.63. The van der Waals surface area contributed by atoms with Gasteiger partial charge in [0, 0.05) is 28.3 Å². The molecule has 2 aromatic rings. The maximum Gasteiger partial charge on any atom is 0.270 e. The molecule has 0 heterocycles. The topological polar surface area (TPSA) is 76.2 Å². The van der Waals surface area contributed by atoms with Crippen LogP contribution in [0.1, 0.15) is 11.1 Å². The first kappa shape index (κ1) is 15.5. The third-order valence-electron chi connectivity index (χ3n) is 3.01. The zero-order chi connectivity index (χ0) is 16.1. The molecule has 0 aliphatic carbocycles. The second-order valence-corrected chi connectivity index (χ2v) is 4.74. The minimum absolute atomic E-state index is 0.0801. The molecule has 2 rings (SSSR count). The summed E-state index contributed by atoms with van der Waals surface area (Å²) < 4.78 is 5.18. The van der Waals surface area contributed by atoms with Gasteiger partial charge in [0.2, 0.25) is 0 Å². The fourth-order valence-corrected chi connectivity index (χ4v) is 2.19. The van der Waals surface area contributed by atoms with Gasteiger partial charge >= 0.3 is 0 Å². The number of nitro groups is 1. The standard InChI is InChI=1S/C16H11ClN2O3/c1-22-16-7-6-13(19(20)21)9-11(16)8-12(10-18)14-4-2-3-5-15(14)17/h2-9H,1H3. The summed E-state index contributed by atoms with van der Waals surface area (Å²) >= 11 is 6.09. The molecular weight excluding hydrogens is 304 g/mol. The van der Waals surface area contributed by atoms with Gasteiger partial charge in [-0.3, -0.25) is 10.1 Å². The normalized spacial score (nSPS) is 10.9. The number of benzene rings is 2. The minimum atomic E-state index is -0.502. The highest BCUT2D eigenvalue weighted by Gasteiger charge is 2.12. The molecule has 0 spiro atoms. The van der Waals surface area contributed by atoms with E-state index in [0.717, 1.165) is 0 Å². The lowest BCUT2D eigenvalue weighted by atomic mass is 10.0. The van der Waals surface area contributed by atoms with E-state index < -0.39 is 4.92 Å². The van der Waals surface area contributed by atoms with Crippen molar-refractivity contribution in [2.45, 2.75) is 0 Å². The first-order valence-electron chi connectivity index (χ1n) is 6.26. The molecule has 0 unspecified atom stereocenters. The molecule has 0 saturated heterocycles. The van der Waals surface area contributed by atoms with Gasteiger partial charge in [-0.05, 0) is 18.2 Å². The number of non-ortho nitro benzene ring substituents is 1. The average Bonchev–Trinajstić information content (AvgIpc) is 2.53. The lowest BCUT2D eigenvalue weighted by Crippen LogP contribution is -1.92. The number of rotatable bonds is 4. The van der Waals surface area contributed by atoms with Crippen molar-refractivity contribution in [3.63, 3.8) is 0 Å². The molecule has 0 saturated carbocycles. The predicted molar refractivity (Wildman–Crippen MR) is 84.6 cm³/mol. The highest BCUT2D eigenvalue weighted by atomic mass is 35.5. The predicted octanol–water partition coefficient (Wildman–Crippen LogP) is 4.32. The Kier molecular flexibility index (Phi) is 4.77. The molecule has 0 fully saturated rings. The molecule has 110 valence electrons. The molecule has 0 atom stereocenters. The van der Waals surface area contributed by atoms with Crippen LogP contribution in [0.5, 0.6) is 5.75 Å². The number of ether oxygens (including phenoxy) is 1. The van der Waals surface area contributed by atoms with Crippen LogP contribution >= 0.6 is 11.6 Å². The Morgan fingerprint density at radius 3 is 2.68 bits per heavy atom. The monoisotopic (exact) mass is 314 g/mol. The maximum absolute atomic E-state index is 10.9. The molecule has 0 radical (unpaired) electrons. The van der Waals surface area contributed by atoms with Crippen LogP contribution in [0.2, 0.25) is 5.02 Å². The number of nitrogens with zero attached hydrogens (tertiary/aromatic N) is 2. The molecule has 0 aliphatic heterocycles. The third-order valence-corrected chi connectivity index (χ3v) is 3.34. The molecule has 22 heavy (non-hydrogen) atoms. The van der Waals surface area contributed by atoms with Gasteiger partial charge in [-0.15, -0.1) is 0 Å². The van der Waals surface area contributed by atoms with Crippen LogP contribution in [-0.2, 0) is 0 Å². The first-order chi connectivity index (χ1) is 10.6. The quantitative estimate of drug-likeness (QED) is 0.364. The van der Waals surface area contributed by atoms with Crippen molar-refractivity contribution in [2.24, 2.45) is 0 Å². The van der Waals surface area contributed by atoms with Crippen LogP contribution < -0.4 is 4.74 Å². The summed E-state index contributed by atoms with van der Waals surface area (Å²) in [5.41, 5.74) is 1.21. The summed E-state index contributed by atoms with van der Waals surface area (Å²) in [5.74, 6) is 0.436. The largest absolute Gasteiger partial charge is 0.496 e. The minimum Gasteiger partial charge on any atom is -0.496 e. The Balaban J connectivity index is 2.59. The van der Waals surface area contributed by atoms with E-state index in [2.05, 4.69) is 6.07 Å². The fraction of sp³-hybridized carbons (Fsp3) is 0.0625. The SMILES string of the molecule is COc1ccc([N+](=O)[O-])cc1C=C(C#N)c1ccccc1Cl. The van der Waals surface area contributed by atoms with E-state index in [-0.39, 0.29) is 5.69 Å². The third kappa shape index (κ3) is 3.25. The molecular formula is C16H11ClN2O3. The van der Waals surface area contributed by atoms with Gasteiger partial charge in [0.05, 0.1) is 23.7 Å². The van der Waals surface area contributed by atoms with E-state index >= 15 is 0 Å². The van der Waals surface area contributed by atoms with Crippen LogP contribution in [0.3, 0.4) is 0 Å². The number of hydrogen-bond acceptors (Lipinski definition) is 4. The number of methoxy groups -OCH3 is 1. The molecule has 5 nitrogen and oxygen atoms in total. The number of nitro benzene ring substituents is 1. The molecule has 0 bridgehead atoms. The maximum atomic E-state index is 10.9. The zero-order valence-electron chi connectivity index (χ0n) is 11.6. The average molecular weight is 315 g/mol. The lowest BCUT2D eigenvalue weighted by Gasteiger charge is -2.06. The Hall–Kier alpha value is -2.84. The van der Waals surface area contributed by atoms with E-state index in [1.807, 2.05) is 0 Å². The summed E-state index contributed by atoms with van der Waals surface area (Å²) in [6.45, 7) is 0. The van der Waals surface area contributed by atoms with Crippen molar-refractivity contribution in [3.8, 4) is 11.8 Å². The Morgan fingerprint density at radius 1 is 1.36 bits per heavy atom. The van der Waals surface area contributed by atoms with Crippen LogP contribution in [-0.4, -0.2) is 12.0 Å². The molecule has 6 heteroatoms. The molecule has 0 aliphatic rings. The van der Waals surface area contributed by atoms with Crippen LogP contribution in [0.15, 0.2) is 42.5 Å². The van der Waals surface area contributed by atoms with E-state index in [1.165, 1.54) is 31.4 Å². The van der Waals surface area contributed by atoms with Gasteiger partial charge in [-0.1, -0.05) is 29.8 Å². The number of halogens is 1. The van der Waals surface area contributed by atoms with Gasteiger partial charge in [-0.25, -0.2) is 0 Å². The van der Waals surface area contributed by atoms with Crippen molar-refractivity contribution in [3.05, 3.63) is 68.7 Å². The highest BCUT2D eigenvalue weighted by Crippen LogP contribution is 2.30. The zero-order valence-corrected chi connectivity index (χ0v) is 12.4. The van der Waals surface area contributed by atoms with E-state index in [0.29, 0.717) is 27.5 Å². The van der Waals surface area contributed by atoms with Crippen molar-refractivity contribution >= 4 is 28.9 Å². The second kappa shape index (κ2) is 6.74. The number of allylic oxidation sites excluding steroid dienone is 1. The van der Waals surface area contributed by atoms with Crippen molar-refractivity contribution in [2.75, 3.05) is 7.11 Å². The van der Waals surface area contributed by atoms with E-state index in [4.69, 9.17) is 16.3 Å². The van der Waals surface area contributed by atoms with Gasteiger partial charge in [-0.2, -0.15) is 5.26 Å². The van der Waals surface area contributed by atoms with Crippen LogP contribution in [0.4, 0.5) is 5.69 Å². The molecule has 0 amide bonds. The molecule has 0 aromatic heterocycles. The van der Waals surface area contributed by atoms with Crippen LogP contribution in [0.25, 0.3) is 11.6 Å². The van der Waals surface area contributed by atoms with Gasteiger partial charge in [0.1, 0.15) is 5.75 Å². The Labute approximate surface area is 132 Å². The summed E-state index contributed by atoms with van der Waals surface area (Å²) in [7, 11) is 1.46. The van der Waals surface area contributed by atoms with E-state index in [9.17, 15) is 15.4 Å². The fourth-order valence-electron chi connectivity index (χ4n) is 1.95.